The summed E-state index contributed by atoms with van der Waals surface area (Å²) in [7, 11) is -2.60. The maximum atomic E-state index is 11.6. The molecule has 1 unspecified atom stereocenters. The summed E-state index contributed by atoms with van der Waals surface area (Å²) < 4.78 is 20.5. The normalized spacial score (nSPS) is 22.8. The van der Waals surface area contributed by atoms with Crippen LogP contribution in [0.5, 0.6) is 0 Å². The lowest BCUT2D eigenvalue weighted by Crippen LogP contribution is -2.50. The van der Waals surface area contributed by atoms with E-state index < -0.39 is 9.92 Å². The Kier molecular flexibility index (Phi) is 3.72. The van der Waals surface area contributed by atoms with Crippen molar-refractivity contribution in [2.75, 3.05) is 32.4 Å². The van der Waals surface area contributed by atoms with E-state index in [0.717, 1.165) is 0 Å². The predicted octanol–water partition coefficient (Wildman–Crippen LogP) is 0.378. The zero-order chi connectivity index (χ0) is 11.6. The van der Waals surface area contributed by atoms with Gasteiger partial charge in [-0.2, -0.15) is 0 Å². The molecular weight excluding hydrogens is 214 g/mol. The molecule has 1 heterocycles. The van der Waals surface area contributed by atoms with Crippen LogP contribution >= 0.6 is 0 Å². The molecule has 0 saturated carbocycles. The largest absolute Gasteiger partial charge is 0.340 e. The minimum atomic E-state index is -2.60. The molecule has 6 heteroatoms. The number of nitrogens with zero attached hydrogens (tertiary/aromatic N) is 2. The minimum absolute atomic E-state index is 0.0125. The fraction of sp³-hybridized carbons (Fsp3) is 0.889. The lowest BCUT2D eigenvalue weighted by molar-refractivity contribution is -0.135. The standard InChI is InChI=1S/C9H19N3O2S/c1-8(2)9(13)11-4-6-12(7-5-11)15(3,10)14/h8,10H,4-7H2,1-3H3. The fourth-order valence-electron chi connectivity index (χ4n) is 1.62. The molecule has 88 valence electrons. The Hall–Kier alpha value is -0.620. The van der Waals surface area contributed by atoms with Gasteiger partial charge in [-0.1, -0.05) is 13.8 Å². The van der Waals surface area contributed by atoms with Crippen LogP contribution in [0.25, 0.3) is 0 Å². The first-order valence-corrected chi connectivity index (χ1v) is 7.02. The van der Waals surface area contributed by atoms with Crippen molar-refractivity contribution in [3.8, 4) is 0 Å². The fourth-order valence-corrected chi connectivity index (χ4v) is 2.48. The Balaban J connectivity index is 2.53. The highest BCUT2D eigenvalue weighted by molar-refractivity contribution is 7.89. The molecule has 15 heavy (non-hydrogen) atoms. The first kappa shape index (κ1) is 12.4. The van der Waals surface area contributed by atoms with Crippen LogP contribution in [0.4, 0.5) is 0 Å². The summed E-state index contributed by atoms with van der Waals surface area (Å²) in [5.74, 6) is 0.153. The molecule has 1 rings (SSSR count). The highest BCUT2D eigenvalue weighted by atomic mass is 32.2. The Morgan fingerprint density at radius 2 is 1.73 bits per heavy atom. The van der Waals surface area contributed by atoms with Crippen LogP contribution in [-0.2, 0) is 14.7 Å². The van der Waals surface area contributed by atoms with Gasteiger partial charge in [0.2, 0.25) is 5.91 Å². The molecule has 1 N–H and O–H groups in total. The monoisotopic (exact) mass is 233 g/mol. The Morgan fingerprint density at radius 1 is 1.27 bits per heavy atom. The third kappa shape index (κ3) is 3.17. The predicted molar refractivity (Wildman–Crippen MR) is 59.8 cm³/mol. The lowest BCUT2D eigenvalue weighted by atomic mass is 10.2. The SMILES string of the molecule is CC(C)C(=O)N1CCN(S(C)(=N)=O)CC1. The van der Waals surface area contributed by atoms with E-state index in [1.54, 1.807) is 9.21 Å². The van der Waals surface area contributed by atoms with Gasteiger partial charge in [-0.3, -0.25) is 4.79 Å². The van der Waals surface area contributed by atoms with Gasteiger partial charge >= 0.3 is 0 Å². The van der Waals surface area contributed by atoms with Crippen LogP contribution in [-0.4, -0.2) is 51.8 Å². The van der Waals surface area contributed by atoms with E-state index in [0.29, 0.717) is 26.2 Å². The van der Waals surface area contributed by atoms with Gasteiger partial charge < -0.3 is 4.90 Å². The van der Waals surface area contributed by atoms with Gasteiger partial charge in [0.05, 0.1) is 0 Å². The molecule has 1 fully saturated rings. The first-order valence-electron chi connectivity index (χ1n) is 5.10. The number of carbonyl (C=O) groups excluding carboxylic acids is 1. The molecule has 1 atom stereocenters. The molecule has 5 nitrogen and oxygen atoms in total. The molecule has 0 aromatic rings. The summed E-state index contributed by atoms with van der Waals surface area (Å²) >= 11 is 0. The Bertz CT molecular complexity index is 329. The van der Waals surface area contributed by atoms with Crippen molar-refractivity contribution in [2.24, 2.45) is 5.92 Å². The maximum absolute atomic E-state index is 11.6. The van der Waals surface area contributed by atoms with E-state index in [9.17, 15) is 9.00 Å². The second-order valence-corrected chi connectivity index (χ2v) is 6.33. The van der Waals surface area contributed by atoms with Crippen molar-refractivity contribution in [2.45, 2.75) is 13.8 Å². The van der Waals surface area contributed by atoms with E-state index in [4.69, 9.17) is 4.78 Å². The molecule has 0 radical (unpaired) electrons. The quantitative estimate of drug-likeness (QED) is 0.749. The summed E-state index contributed by atoms with van der Waals surface area (Å²) in [4.78, 5) is 13.4. The van der Waals surface area contributed by atoms with Gasteiger partial charge in [0.15, 0.2) is 0 Å². The summed E-state index contributed by atoms with van der Waals surface area (Å²) in [6.07, 6.45) is 1.42. The summed E-state index contributed by atoms with van der Waals surface area (Å²) in [6, 6.07) is 0. The van der Waals surface area contributed by atoms with Crippen LogP contribution in [0.1, 0.15) is 13.8 Å². The van der Waals surface area contributed by atoms with E-state index in [2.05, 4.69) is 0 Å². The third-order valence-electron chi connectivity index (χ3n) is 2.54. The number of carbonyl (C=O) groups is 1. The Morgan fingerprint density at radius 3 is 2.07 bits per heavy atom. The van der Waals surface area contributed by atoms with Crippen LogP contribution < -0.4 is 0 Å². The number of hydrogen-bond acceptors (Lipinski definition) is 3. The topological polar surface area (TPSA) is 64.5 Å². The van der Waals surface area contributed by atoms with Crippen molar-refractivity contribution in [1.82, 2.24) is 9.21 Å². The van der Waals surface area contributed by atoms with Gasteiger partial charge in [-0.15, -0.1) is 0 Å². The third-order valence-corrected chi connectivity index (χ3v) is 3.89. The molecule has 0 bridgehead atoms. The number of piperazine rings is 1. The smallest absolute Gasteiger partial charge is 0.225 e. The number of nitrogens with one attached hydrogen (secondary N) is 1. The highest BCUT2D eigenvalue weighted by Crippen LogP contribution is 2.09. The van der Waals surface area contributed by atoms with E-state index in [1.165, 1.54) is 6.26 Å². The Labute approximate surface area is 91.5 Å². The zero-order valence-electron chi connectivity index (χ0n) is 9.52. The minimum Gasteiger partial charge on any atom is -0.340 e. The zero-order valence-corrected chi connectivity index (χ0v) is 10.3. The van der Waals surface area contributed by atoms with Crippen molar-refractivity contribution in [3.63, 3.8) is 0 Å². The van der Waals surface area contributed by atoms with Crippen molar-refractivity contribution < 1.29 is 9.00 Å². The summed E-state index contributed by atoms with van der Waals surface area (Å²) in [5.41, 5.74) is 0. The lowest BCUT2D eigenvalue weighted by Gasteiger charge is -2.35. The van der Waals surface area contributed by atoms with Gasteiger partial charge in [-0.05, 0) is 0 Å². The molecule has 1 amide bonds. The van der Waals surface area contributed by atoms with Gasteiger partial charge in [0.25, 0.3) is 0 Å². The number of rotatable bonds is 2. The average molecular weight is 233 g/mol. The molecule has 0 spiro atoms. The van der Waals surface area contributed by atoms with E-state index in [1.807, 2.05) is 13.8 Å². The molecule has 1 aliphatic rings. The second kappa shape index (κ2) is 4.49. The van der Waals surface area contributed by atoms with Crippen molar-refractivity contribution in [1.29, 1.82) is 4.78 Å². The summed E-state index contributed by atoms with van der Waals surface area (Å²) in [6.45, 7) is 6.00. The van der Waals surface area contributed by atoms with Gasteiger partial charge in [0.1, 0.15) is 9.92 Å². The van der Waals surface area contributed by atoms with Crippen LogP contribution in [0.3, 0.4) is 0 Å². The van der Waals surface area contributed by atoms with Crippen molar-refractivity contribution in [3.05, 3.63) is 0 Å². The molecule has 0 aromatic carbocycles. The number of amides is 1. The molecular formula is C9H19N3O2S. The molecule has 1 saturated heterocycles. The average Bonchev–Trinajstić information content (AvgIpc) is 2.15. The van der Waals surface area contributed by atoms with E-state index >= 15 is 0 Å². The molecule has 1 aliphatic heterocycles. The van der Waals surface area contributed by atoms with Gasteiger partial charge in [-0.25, -0.2) is 13.3 Å². The summed E-state index contributed by atoms with van der Waals surface area (Å²) in [5, 5.41) is 0. The molecule has 0 aromatic heterocycles. The van der Waals surface area contributed by atoms with Gasteiger partial charge in [0, 0.05) is 38.4 Å². The maximum Gasteiger partial charge on any atom is 0.225 e. The van der Waals surface area contributed by atoms with Crippen LogP contribution in [0.15, 0.2) is 0 Å². The first-order chi connectivity index (χ1) is 6.82. The molecule has 0 aliphatic carbocycles. The van der Waals surface area contributed by atoms with Crippen LogP contribution in [0, 0.1) is 10.7 Å². The number of hydrogen-bond donors (Lipinski definition) is 1. The van der Waals surface area contributed by atoms with E-state index in [-0.39, 0.29) is 11.8 Å². The second-order valence-electron chi connectivity index (χ2n) is 4.21. The highest BCUT2D eigenvalue weighted by Gasteiger charge is 2.25. The van der Waals surface area contributed by atoms with Crippen molar-refractivity contribution >= 4 is 15.8 Å². The van der Waals surface area contributed by atoms with Crippen LogP contribution in [0.2, 0.25) is 0 Å².